The Hall–Kier alpha value is -2.85. The number of Topliss-reactive ketones (excluding diaryl/α,β-unsaturated/α-hetero) is 1. The molecule has 4 aromatic rings. The Labute approximate surface area is 156 Å². The lowest BCUT2D eigenvalue weighted by molar-refractivity contribution is 0.0967. The van der Waals surface area contributed by atoms with Crippen LogP contribution in [0.3, 0.4) is 0 Å². The first-order valence-corrected chi connectivity index (χ1v) is 8.85. The summed E-state index contributed by atoms with van der Waals surface area (Å²) in [5.74, 6) is 1.30. The summed E-state index contributed by atoms with van der Waals surface area (Å²) in [7, 11) is 1.58. The minimum Gasteiger partial charge on any atom is -0.497 e. The summed E-state index contributed by atoms with van der Waals surface area (Å²) < 4.78 is 13.5. The summed E-state index contributed by atoms with van der Waals surface area (Å²) in [5.41, 5.74) is 1.20. The van der Waals surface area contributed by atoms with Gasteiger partial charge in [0.25, 0.3) is 0 Å². The van der Waals surface area contributed by atoms with Gasteiger partial charge in [0.15, 0.2) is 10.8 Å². The smallest absolute Gasteiger partial charge is 0.233 e. The fourth-order valence-corrected chi connectivity index (χ4v) is 3.54. The number of hydrogen-bond donors (Lipinski definition) is 0. The second-order valence-electron chi connectivity index (χ2n) is 5.52. The topological polar surface area (TPSA) is 87.5 Å². The Balaban J connectivity index is 1.60. The lowest BCUT2D eigenvalue weighted by Gasteiger charge is -2.03. The van der Waals surface area contributed by atoms with E-state index in [0.717, 1.165) is 0 Å². The van der Waals surface area contributed by atoms with Crippen molar-refractivity contribution >= 4 is 34.3 Å². The van der Waals surface area contributed by atoms with Gasteiger partial charge in [-0.2, -0.15) is 4.52 Å². The van der Waals surface area contributed by atoms with Gasteiger partial charge in [-0.05, 0) is 43.4 Å². The molecule has 0 amide bonds. The number of aryl methyl sites for hydroxylation is 1. The van der Waals surface area contributed by atoms with Gasteiger partial charge in [0, 0.05) is 11.6 Å². The van der Waals surface area contributed by atoms with Gasteiger partial charge in [0.1, 0.15) is 23.7 Å². The second kappa shape index (κ2) is 6.46. The van der Waals surface area contributed by atoms with Gasteiger partial charge in [0.05, 0.1) is 7.11 Å². The predicted molar refractivity (Wildman–Crippen MR) is 97.2 cm³/mol. The molecule has 4 rings (SSSR count). The lowest BCUT2D eigenvalue weighted by atomic mass is 10.1. The third kappa shape index (κ3) is 2.93. The maximum atomic E-state index is 12.5. The molecule has 0 fully saturated rings. The zero-order chi connectivity index (χ0) is 18.3. The van der Waals surface area contributed by atoms with Crippen LogP contribution in [0.25, 0.3) is 15.7 Å². The summed E-state index contributed by atoms with van der Waals surface area (Å²) in [6.07, 6.45) is 0. The number of carbonyl (C=O) groups is 1. The molecule has 0 N–H and O–H groups in total. The summed E-state index contributed by atoms with van der Waals surface area (Å²) in [6, 6.07) is 8.71. The van der Waals surface area contributed by atoms with Crippen molar-refractivity contribution in [3.63, 3.8) is 0 Å². The van der Waals surface area contributed by atoms with Crippen molar-refractivity contribution in [2.24, 2.45) is 0 Å². The van der Waals surface area contributed by atoms with Gasteiger partial charge in [-0.25, -0.2) is 4.68 Å². The van der Waals surface area contributed by atoms with E-state index in [1.54, 1.807) is 37.4 Å². The van der Waals surface area contributed by atoms with Gasteiger partial charge >= 0.3 is 0 Å². The molecule has 0 radical (unpaired) electrons. The monoisotopic (exact) mass is 387 g/mol. The summed E-state index contributed by atoms with van der Waals surface area (Å²) >= 11 is 6.72. The van der Waals surface area contributed by atoms with Crippen molar-refractivity contribution in [3.05, 3.63) is 46.4 Å². The molecule has 0 saturated carbocycles. The number of ketones is 1. The van der Waals surface area contributed by atoms with Crippen LogP contribution in [0.4, 0.5) is 0 Å². The molecule has 8 nitrogen and oxygen atoms in total. The summed E-state index contributed by atoms with van der Waals surface area (Å²) in [6.45, 7) is 1.85. The predicted octanol–water partition coefficient (Wildman–Crippen LogP) is 3.18. The maximum absolute atomic E-state index is 12.5. The van der Waals surface area contributed by atoms with Gasteiger partial charge in [-0.15, -0.1) is 10.2 Å². The molecule has 0 aliphatic heterocycles. The zero-order valence-corrected chi connectivity index (χ0v) is 15.5. The van der Waals surface area contributed by atoms with E-state index in [9.17, 15) is 4.79 Å². The van der Waals surface area contributed by atoms with E-state index in [-0.39, 0.29) is 12.3 Å². The van der Waals surface area contributed by atoms with Gasteiger partial charge in [-0.3, -0.25) is 4.79 Å². The molecule has 26 heavy (non-hydrogen) atoms. The largest absolute Gasteiger partial charge is 0.497 e. The van der Waals surface area contributed by atoms with Crippen LogP contribution in [0.2, 0.25) is 0 Å². The Kier molecular flexibility index (Phi) is 4.13. The molecule has 0 unspecified atom stereocenters. The Morgan fingerprint density at radius 2 is 2.08 bits per heavy atom. The van der Waals surface area contributed by atoms with E-state index < -0.39 is 0 Å². The number of fused-ring (bicyclic) bond motifs is 1. The highest BCUT2D eigenvalue weighted by Gasteiger charge is 2.16. The van der Waals surface area contributed by atoms with E-state index in [1.807, 2.05) is 6.92 Å². The van der Waals surface area contributed by atoms with E-state index in [2.05, 4.69) is 15.4 Å². The highest BCUT2D eigenvalue weighted by atomic mass is 32.1. The van der Waals surface area contributed by atoms with Crippen molar-refractivity contribution in [1.82, 2.24) is 24.6 Å². The molecular formula is C16H13N5O3S2. The number of aromatic nitrogens is 5. The number of nitrogens with zero attached hydrogens (tertiary/aromatic N) is 5. The zero-order valence-electron chi connectivity index (χ0n) is 13.9. The highest BCUT2D eigenvalue weighted by molar-refractivity contribution is 7.71. The quantitative estimate of drug-likeness (QED) is 0.384. The first-order valence-electron chi connectivity index (χ1n) is 7.63. The van der Waals surface area contributed by atoms with Crippen molar-refractivity contribution in [1.29, 1.82) is 0 Å². The first-order chi connectivity index (χ1) is 12.5. The Morgan fingerprint density at radius 1 is 1.31 bits per heavy atom. The standard InChI is InChI=1S/C16H13N5O3S2/c1-9-7-12(19-24-9)14-17-21-15(26-14)18-20(16(21)25)8-13(22)10-3-5-11(23-2)6-4-10/h3-7H,8H2,1-2H3. The number of benzene rings is 1. The minimum absolute atomic E-state index is 0.0413. The van der Waals surface area contributed by atoms with E-state index in [0.29, 0.717) is 37.5 Å². The van der Waals surface area contributed by atoms with Crippen LogP contribution < -0.4 is 4.74 Å². The van der Waals surface area contributed by atoms with Crippen LogP contribution in [0.15, 0.2) is 34.9 Å². The summed E-state index contributed by atoms with van der Waals surface area (Å²) in [4.78, 5) is 13.1. The number of rotatable bonds is 5. The first kappa shape index (κ1) is 16.6. The highest BCUT2D eigenvalue weighted by Crippen LogP contribution is 2.25. The molecule has 10 heteroatoms. The van der Waals surface area contributed by atoms with Crippen molar-refractivity contribution in [2.45, 2.75) is 13.5 Å². The van der Waals surface area contributed by atoms with Crippen LogP contribution in [0.5, 0.6) is 5.75 Å². The average molecular weight is 387 g/mol. The molecule has 3 aromatic heterocycles. The molecule has 132 valence electrons. The van der Waals surface area contributed by atoms with Gasteiger partial charge < -0.3 is 9.26 Å². The maximum Gasteiger partial charge on any atom is 0.233 e. The van der Waals surface area contributed by atoms with Crippen molar-refractivity contribution in [2.75, 3.05) is 7.11 Å². The molecule has 0 aliphatic carbocycles. The fourth-order valence-electron chi connectivity index (χ4n) is 2.40. The molecular weight excluding hydrogens is 374 g/mol. The van der Waals surface area contributed by atoms with Gasteiger partial charge in [-0.1, -0.05) is 16.5 Å². The van der Waals surface area contributed by atoms with Crippen LogP contribution in [0, 0.1) is 11.7 Å². The van der Waals surface area contributed by atoms with Crippen LogP contribution in [-0.2, 0) is 6.54 Å². The number of carbonyl (C=O) groups excluding carboxylic acids is 1. The number of ether oxygens (including phenoxy) is 1. The third-order valence-corrected chi connectivity index (χ3v) is 5.03. The lowest BCUT2D eigenvalue weighted by Crippen LogP contribution is -2.12. The molecule has 0 atom stereocenters. The Bertz CT molecular complexity index is 1150. The van der Waals surface area contributed by atoms with Crippen molar-refractivity contribution < 1.29 is 14.1 Å². The molecule has 3 heterocycles. The van der Waals surface area contributed by atoms with Crippen molar-refractivity contribution in [3.8, 4) is 16.5 Å². The van der Waals surface area contributed by atoms with E-state index >= 15 is 0 Å². The molecule has 0 aliphatic rings. The molecule has 0 saturated heterocycles. The van der Waals surface area contributed by atoms with Gasteiger partial charge in [0.2, 0.25) is 9.73 Å². The van der Waals surface area contributed by atoms with Crippen LogP contribution in [-0.4, -0.2) is 37.4 Å². The molecule has 0 spiro atoms. The molecule has 0 bridgehead atoms. The average Bonchev–Trinajstić information content (AvgIpc) is 3.32. The Morgan fingerprint density at radius 3 is 2.69 bits per heavy atom. The number of methoxy groups -OCH3 is 1. The van der Waals surface area contributed by atoms with Crippen LogP contribution >= 0.6 is 23.6 Å². The summed E-state index contributed by atoms with van der Waals surface area (Å²) in [5, 5.41) is 13.4. The minimum atomic E-state index is -0.0955. The fraction of sp³-hybridized carbons (Fsp3) is 0.188. The number of hydrogen-bond acceptors (Lipinski definition) is 8. The second-order valence-corrected chi connectivity index (χ2v) is 6.84. The van der Waals surface area contributed by atoms with Crippen LogP contribution in [0.1, 0.15) is 16.1 Å². The van der Waals surface area contributed by atoms with E-state index in [1.165, 1.54) is 20.5 Å². The van der Waals surface area contributed by atoms with E-state index in [4.69, 9.17) is 21.5 Å². The SMILES string of the molecule is COc1ccc(C(=O)Cn2nc3sc(-c4cc(C)on4)nn3c2=S)cc1. The normalized spacial score (nSPS) is 11.2. The third-order valence-electron chi connectivity index (χ3n) is 3.72. The molecule has 1 aromatic carbocycles.